The highest BCUT2D eigenvalue weighted by molar-refractivity contribution is 7.99. The van der Waals surface area contributed by atoms with E-state index in [0.717, 1.165) is 32.6 Å². The summed E-state index contributed by atoms with van der Waals surface area (Å²) in [6.07, 6.45) is 0.704. The fourth-order valence-corrected chi connectivity index (χ4v) is 5.42. The van der Waals surface area contributed by atoms with Gasteiger partial charge in [-0.2, -0.15) is 0 Å². The summed E-state index contributed by atoms with van der Waals surface area (Å²) in [6, 6.07) is -1.21. The van der Waals surface area contributed by atoms with E-state index in [1.807, 2.05) is 0 Å². The topological polar surface area (TPSA) is 123 Å². The largest absolute Gasteiger partial charge is 0.388 e. The van der Waals surface area contributed by atoms with Gasteiger partial charge in [-0.05, 0) is 64.3 Å². The number of carbonyl (C=O) groups excluding carboxylic acids is 1. The average Bonchev–Trinajstić information content (AvgIpc) is 3.01. The lowest BCUT2D eigenvalue weighted by Gasteiger charge is -2.44. The van der Waals surface area contributed by atoms with Gasteiger partial charge in [0.15, 0.2) is 0 Å². The third-order valence-corrected chi connectivity index (χ3v) is 7.65. The van der Waals surface area contributed by atoms with Crippen molar-refractivity contribution in [3.8, 4) is 0 Å². The van der Waals surface area contributed by atoms with E-state index in [2.05, 4.69) is 16.0 Å². The van der Waals surface area contributed by atoms with Crippen LogP contribution in [0.25, 0.3) is 0 Å². The number of rotatable bonds is 11. The molecule has 9 atom stereocenters. The molecule has 0 saturated carbocycles. The number of thioether (sulfide) groups is 1. The van der Waals surface area contributed by atoms with Crippen molar-refractivity contribution in [1.82, 2.24) is 16.0 Å². The number of amides is 1. The van der Waals surface area contributed by atoms with Crippen LogP contribution in [-0.2, 0) is 9.53 Å². The molecule has 8 nitrogen and oxygen atoms in total. The first-order chi connectivity index (χ1) is 15.9. The van der Waals surface area contributed by atoms with Crippen molar-refractivity contribution in [2.75, 3.05) is 25.9 Å². The molecule has 1 amide bonds. The maximum absolute atomic E-state index is 13.0. The van der Waals surface area contributed by atoms with Gasteiger partial charge in [0.1, 0.15) is 29.9 Å². The molecular weight excluding hydrogens is 492 g/mol. The van der Waals surface area contributed by atoms with Crippen LogP contribution in [0.3, 0.4) is 0 Å². The van der Waals surface area contributed by atoms with E-state index in [1.54, 1.807) is 13.2 Å². The molecule has 0 aromatic carbocycles. The van der Waals surface area contributed by atoms with Crippen molar-refractivity contribution in [2.45, 2.75) is 99.2 Å². The summed E-state index contributed by atoms with van der Waals surface area (Å²) in [7, 11) is 0. The van der Waals surface area contributed by atoms with Crippen molar-refractivity contribution in [3.63, 3.8) is 0 Å². The summed E-state index contributed by atoms with van der Waals surface area (Å²) in [5.41, 5.74) is -0.756. The molecule has 0 spiro atoms. The van der Waals surface area contributed by atoms with Gasteiger partial charge >= 0.3 is 0 Å². The number of aliphatic hydroxyl groups is 3. The highest BCUT2D eigenvalue weighted by Gasteiger charge is 2.48. The van der Waals surface area contributed by atoms with Crippen LogP contribution in [0.2, 0.25) is 0 Å². The van der Waals surface area contributed by atoms with E-state index < -0.39 is 53.2 Å². The third-order valence-electron chi connectivity index (χ3n) is 6.52. The molecular formula is C22H40ClF2N3O5S. The van der Waals surface area contributed by atoms with Gasteiger partial charge in [-0.3, -0.25) is 4.79 Å². The highest BCUT2D eigenvalue weighted by Crippen LogP contribution is 2.30. The minimum atomic E-state index is -2.71. The Kier molecular flexibility index (Phi) is 12.2. The van der Waals surface area contributed by atoms with Gasteiger partial charge in [0.2, 0.25) is 5.91 Å². The summed E-state index contributed by atoms with van der Waals surface area (Å²) in [5.74, 6) is -2.57. The number of aliphatic hydroxyl groups excluding tert-OH is 3. The zero-order chi connectivity index (χ0) is 25.5. The fraction of sp³-hybridized carbons (Fsp3) is 0.955. The molecule has 2 aliphatic heterocycles. The number of hydrogen-bond donors (Lipinski definition) is 6. The molecule has 2 saturated heterocycles. The van der Waals surface area contributed by atoms with Crippen molar-refractivity contribution in [3.05, 3.63) is 0 Å². The first-order valence-electron chi connectivity index (χ1n) is 11.9. The second-order valence-corrected chi connectivity index (χ2v) is 11.1. The summed E-state index contributed by atoms with van der Waals surface area (Å²) in [6.45, 7) is 3.44. The number of nitrogens with one attached hydrogen (secondary N) is 3. The van der Waals surface area contributed by atoms with Crippen LogP contribution in [0.15, 0.2) is 0 Å². The summed E-state index contributed by atoms with van der Waals surface area (Å²) in [4.78, 5) is 13.0. The molecule has 2 aliphatic rings. The Morgan fingerprint density at radius 2 is 1.94 bits per heavy atom. The van der Waals surface area contributed by atoms with E-state index in [1.165, 1.54) is 11.8 Å². The maximum atomic E-state index is 13.0. The zero-order valence-corrected chi connectivity index (χ0v) is 21.6. The molecule has 2 rings (SSSR count). The molecule has 0 aliphatic carbocycles. The molecule has 2 fully saturated rings. The highest BCUT2D eigenvalue weighted by atomic mass is 35.5. The number of ether oxygens (including phenoxy) is 1. The van der Waals surface area contributed by atoms with E-state index >= 15 is 0 Å². The average molecular weight is 532 g/mol. The second kappa shape index (κ2) is 13.9. The van der Waals surface area contributed by atoms with Crippen molar-refractivity contribution in [1.29, 1.82) is 0 Å². The van der Waals surface area contributed by atoms with Crippen LogP contribution in [0.5, 0.6) is 0 Å². The Labute approximate surface area is 209 Å². The van der Waals surface area contributed by atoms with Crippen molar-refractivity contribution >= 4 is 29.3 Å². The minimum Gasteiger partial charge on any atom is -0.388 e. The second-order valence-electron chi connectivity index (χ2n) is 9.52. The van der Waals surface area contributed by atoms with Gasteiger partial charge in [-0.25, -0.2) is 8.78 Å². The minimum absolute atomic E-state index is 0.262. The molecule has 34 heavy (non-hydrogen) atoms. The van der Waals surface area contributed by atoms with Gasteiger partial charge in [-0.1, -0.05) is 0 Å². The van der Waals surface area contributed by atoms with E-state index in [-0.39, 0.29) is 12.5 Å². The molecule has 0 aromatic heterocycles. The van der Waals surface area contributed by atoms with Crippen molar-refractivity contribution < 1.29 is 33.6 Å². The van der Waals surface area contributed by atoms with Crippen LogP contribution < -0.4 is 16.0 Å². The summed E-state index contributed by atoms with van der Waals surface area (Å²) < 4.78 is 31.5. The standard InChI is InChI=1S/C22H40ClF2N3O5S/c1-12(23)15(19-17(30)16(29)18(31)21(33-19)34-3)28-20(32)14-7-6-13(8-10-27-14)5-4-9-26-11-22(2,24)25/h12-19,21,26-27,29-31H,4-11H2,1-3H3,(H,28,32)/t12-,13-,14-,15+,16?,17?,18+,19+,21?/m0/s1. The number of alkyl halides is 3. The van der Waals surface area contributed by atoms with E-state index in [4.69, 9.17) is 16.3 Å². The maximum Gasteiger partial charge on any atom is 0.257 e. The Bertz CT molecular complexity index is 632. The Morgan fingerprint density at radius 1 is 1.24 bits per heavy atom. The lowest BCUT2D eigenvalue weighted by molar-refractivity contribution is -0.205. The molecule has 0 radical (unpaired) electrons. The lowest BCUT2D eigenvalue weighted by atomic mass is 9.92. The first kappa shape index (κ1) is 30.0. The predicted molar refractivity (Wildman–Crippen MR) is 129 cm³/mol. The molecule has 200 valence electrons. The van der Waals surface area contributed by atoms with Crippen LogP contribution in [0.4, 0.5) is 8.78 Å². The smallest absolute Gasteiger partial charge is 0.257 e. The monoisotopic (exact) mass is 531 g/mol. The molecule has 6 N–H and O–H groups in total. The first-order valence-corrected chi connectivity index (χ1v) is 13.7. The summed E-state index contributed by atoms with van der Waals surface area (Å²) in [5, 5.41) is 39.1. The van der Waals surface area contributed by atoms with Gasteiger partial charge in [0.25, 0.3) is 5.92 Å². The number of carbonyl (C=O) groups is 1. The van der Waals surface area contributed by atoms with Gasteiger partial charge < -0.3 is 36.0 Å². The van der Waals surface area contributed by atoms with Crippen LogP contribution in [-0.4, -0.2) is 100 Å². The SMILES string of the molecule is CSC1O[C@H]([C@H](NC(=O)[C@@H]2CC[C@H](CCCNCC(C)(F)F)CCN2)[C@H](C)Cl)C(O)C(O)[C@H]1O. The third kappa shape index (κ3) is 8.99. The van der Waals surface area contributed by atoms with Crippen LogP contribution in [0, 0.1) is 5.92 Å². The normalized spacial score (nSPS) is 34.8. The van der Waals surface area contributed by atoms with Gasteiger partial charge in [0.05, 0.1) is 24.0 Å². The van der Waals surface area contributed by atoms with Crippen molar-refractivity contribution in [2.24, 2.45) is 5.92 Å². The van der Waals surface area contributed by atoms with Gasteiger partial charge in [-0.15, -0.1) is 23.4 Å². The zero-order valence-electron chi connectivity index (χ0n) is 20.1. The molecule has 12 heteroatoms. The molecule has 0 bridgehead atoms. The Morgan fingerprint density at radius 3 is 2.56 bits per heavy atom. The lowest BCUT2D eigenvalue weighted by Crippen LogP contribution is -2.65. The number of halogens is 3. The quantitative estimate of drug-likeness (QED) is 0.173. The van der Waals surface area contributed by atoms with E-state index in [9.17, 15) is 28.9 Å². The van der Waals surface area contributed by atoms with Crippen LogP contribution in [0.1, 0.15) is 46.0 Å². The molecule has 3 unspecified atom stereocenters. The van der Waals surface area contributed by atoms with Gasteiger partial charge in [0, 0.05) is 6.92 Å². The molecule has 0 aromatic rings. The fourth-order valence-electron chi connectivity index (χ4n) is 4.54. The summed E-state index contributed by atoms with van der Waals surface area (Å²) >= 11 is 7.54. The molecule has 2 heterocycles. The van der Waals surface area contributed by atoms with E-state index in [0.29, 0.717) is 25.4 Å². The number of hydrogen-bond acceptors (Lipinski definition) is 8. The van der Waals surface area contributed by atoms with Crippen LogP contribution >= 0.6 is 23.4 Å². The predicted octanol–water partition coefficient (Wildman–Crippen LogP) is 1.05. The Hall–Kier alpha value is -0.270. The Balaban J connectivity index is 1.87.